The summed E-state index contributed by atoms with van der Waals surface area (Å²) in [6.45, 7) is 0. The van der Waals surface area contributed by atoms with Crippen molar-refractivity contribution in [3.8, 4) is 5.75 Å². The summed E-state index contributed by atoms with van der Waals surface area (Å²) in [6.07, 6.45) is 1.58. The zero-order valence-electron chi connectivity index (χ0n) is 12.7. The van der Waals surface area contributed by atoms with Crippen molar-refractivity contribution in [1.82, 2.24) is 20.1 Å². The molecule has 0 unspecified atom stereocenters. The molecule has 2 aromatic carbocycles. The molecule has 0 aliphatic rings. The van der Waals surface area contributed by atoms with E-state index in [1.165, 1.54) is 0 Å². The molecule has 118 valence electrons. The van der Waals surface area contributed by atoms with Gasteiger partial charge in [-0.3, -0.25) is 0 Å². The predicted octanol–water partition coefficient (Wildman–Crippen LogP) is 2.26. The highest BCUT2D eigenvalue weighted by Crippen LogP contribution is 2.28. The number of aromatic nitrogens is 4. The highest BCUT2D eigenvalue weighted by Gasteiger charge is 2.17. The van der Waals surface area contributed by atoms with E-state index in [2.05, 4.69) is 15.3 Å². The van der Waals surface area contributed by atoms with Gasteiger partial charge in [0.1, 0.15) is 11.3 Å². The number of pyridine rings is 1. The number of hydrogen-bond donors (Lipinski definition) is 0. The molecule has 0 bridgehead atoms. The Labute approximate surface area is 136 Å². The van der Waals surface area contributed by atoms with E-state index in [1.807, 2.05) is 24.3 Å². The van der Waals surface area contributed by atoms with Crippen molar-refractivity contribution in [3.63, 3.8) is 0 Å². The maximum Gasteiger partial charge on any atom is 0.366 e. The number of rotatable bonds is 3. The molecule has 0 spiro atoms. The Morgan fingerprint density at radius 1 is 1.04 bits per heavy atom. The topological polar surface area (TPSA) is 79.1 Å². The zero-order valence-corrected chi connectivity index (χ0v) is 12.7. The van der Waals surface area contributed by atoms with Crippen LogP contribution in [0.3, 0.4) is 0 Å². The standard InChI is InChI=1S/C17H12N4O3/c1-23-15-9-8-13(11-5-2-3-6-12(11)15)17(22)24-21-16-14(19-20-21)7-4-10-18-16/h2-10H,1H3. The van der Waals surface area contributed by atoms with Crippen LogP contribution in [0.5, 0.6) is 5.75 Å². The van der Waals surface area contributed by atoms with Crippen LogP contribution in [0.1, 0.15) is 10.4 Å². The van der Waals surface area contributed by atoms with Crippen LogP contribution < -0.4 is 9.57 Å². The van der Waals surface area contributed by atoms with Crippen LogP contribution in [0.2, 0.25) is 0 Å². The Bertz CT molecular complexity index is 1060. The van der Waals surface area contributed by atoms with Gasteiger partial charge in [-0.15, -0.1) is 5.10 Å². The van der Waals surface area contributed by atoms with Gasteiger partial charge in [0, 0.05) is 11.6 Å². The molecule has 0 aliphatic heterocycles. The van der Waals surface area contributed by atoms with Crippen LogP contribution in [-0.2, 0) is 0 Å². The summed E-state index contributed by atoms with van der Waals surface area (Å²) >= 11 is 0. The Morgan fingerprint density at radius 3 is 2.71 bits per heavy atom. The van der Waals surface area contributed by atoms with Crippen LogP contribution in [-0.4, -0.2) is 33.2 Å². The number of carbonyl (C=O) groups excluding carboxylic acids is 1. The summed E-state index contributed by atoms with van der Waals surface area (Å²) in [7, 11) is 1.59. The van der Waals surface area contributed by atoms with Crippen LogP contribution in [0.15, 0.2) is 54.7 Å². The van der Waals surface area contributed by atoms with E-state index in [4.69, 9.17) is 9.57 Å². The third-order valence-corrected chi connectivity index (χ3v) is 3.67. The monoisotopic (exact) mass is 320 g/mol. The molecule has 0 saturated heterocycles. The van der Waals surface area contributed by atoms with Crippen molar-refractivity contribution < 1.29 is 14.4 Å². The fourth-order valence-corrected chi connectivity index (χ4v) is 2.56. The molecule has 2 heterocycles. The van der Waals surface area contributed by atoms with Gasteiger partial charge >= 0.3 is 5.97 Å². The molecular formula is C17H12N4O3. The Kier molecular flexibility index (Phi) is 3.31. The molecule has 24 heavy (non-hydrogen) atoms. The number of carbonyl (C=O) groups is 1. The average Bonchev–Trinajstić information content (AvgIpc) is 3.03. The molecular weight excluding hydrogens is 308 g/mol. The van der Waals surface area contributed by atoms with E-state index in [0.29, 0.717) is 22.5 Å². The van der Waals surface area contributed by atoms with Gasteiger partial charge in [0.15, 0.2) is 0 Å². The Balaban J connectivity index is 1.76. The van der Waals surface area contributed by atoms with Crippen molar-refractivity contribution >= 4 is 27.9 Å². The third kappa shape index (κ3) is 2.23. The second-order valence-corrected chi connectivity index (χ2v) is 5.05. The lowest BCUT2D eigenvalue weighted by Crippen LogP contribution is -2.21. The van der Waals surface area contributed by atoms with Gasteiger partial charge in [0.2, 0.25) is 5.65 Å². The SMILES string of the molecule is COc1ccc(C(=O)On2nnc3cccnc32)c2ccccc12. The number of nitrogens with zero attached hydrogens (tertiary/aromatic N) is 4. The van der Waals surface area contributed by atoms with Gasteiger partial charge in [0.05, 0.1) is 12.7 Å². The first-order valence-corrected chi connectivity index (χ1v) is 7.23. The molecule has 0 aliphatic carbocycles. The molecule has 0 atom stereocenters. The fourth-order valence-electron chi connectivity index (χ4n) is 2.56. The van der Waals surface area contributed by atoms with Crippen LogP contribution in [0.25, 0.3) is 21.9 Å². The summed E-state index contributed by atoms with van der Waals surface area (Å²) in [5, 5.41) is 9.28. The van der Waals surface area contributed by atoms with Gasteiger partial charge < -0.3 is 9.57 Å². The second kappa shape index (κ2) is 5.62. The molecule has 4 rings (SSSR count). The third-order valence-electron chi connectivity index (χ3n) is 3.67. The van der Waals surface area contributed by atoms with Gasteiger partial charge in [0.25, 0.3) is 0 Å². The van der Waals surface area contributed by atoms with Crippen LogP contribution >= 0.6 is 0 Å². The number of fused-ring (bicyclic) bond motifs is 2. The average molecular weight is 320 g/mol. The summed E-state index contributed by atoms with van der Waals surface area (Å²) in [4.78, 5) is 23.1. The maximum atomic E-state index is 12.6. The lowest BCUT2D eigenvalue weighted by molar-refractivity contribution is 0.0408. The number of hydrogen-bond acceptors (Lipinski definition) is 6. The van der Waals surface area contributed by atoms with Gasteiger partial charge in [-0.1, -0.05) is 24.3 Å². The van der Waals surface area contributed by atoms with Crippen molar-refractivity contribution in [2.75, 3.05) is 7.11 Å². The molecule has 0 amide bonds. The van der Waals surface area contributed by atoms with E-state index in [9.17, 15) is 4.79 Å². The first kappa shape index (κ1) is 14.1. The molecule has 7 nitrogen and oxygen atoms in total. The molecule has 2 aromatic heterocycles. The van der Waals surface area contributed by atoms with E-state index < -0.39 is 5.97 Å². The quantitative estimate of drug-likeness (QED) is 0.539. The fraction of sp³-hybridized carbons (Fsp3) is 0.0588. The van der Waals surface area contributed by atoms with Crippen LogP contribution in [0, 0.1) is 0 Å². The zero-order chi connectivity index (χ0) is 16.5. The summed E-state index contributed by atoms with van der Waals surface area (Å²) in [6, 6.07) is 14.3. The second-order valence-electron chi connectivity index (χ2n) is 5.05. The van der Waals surface area contributed by atoms with E-state index >= 15 is 0 Å². The summed E-state index contributed by atoms with van der Waals surface area (Å²) < 4.78 is 5.34. The molecule has 4 aromatic rings. The van der Waals surface area contributed by atoms with Crippen molar-refractivity contribution in [2.45, 2.75) is 0 Å². The number of benzene rings is 2. The lowest BCUT2D eigenvalue weighted by Gasteiger charge is -2.09. The number of methoxy groups -OCH3 is 1. The smallest absolute Gasteiger partial charge is 0.366 e. The van der Waals surface area contributed by atoms with Crippen molar-refractivity contribution in [1.29, 1.82) is 0 Å². The molecule has 0 radical (unpaired) electrons. The molecule has 7 heteroatoms. The van der Waals surface area contributed by atoms with E-state index in [0.717, 1.165) is 15.6 Å². The van der Waals surface area contributed by atoms with Gasteiger partial charge in [-0.25, -0.2) is 9.78 Å². The normalized spacial score (nSPS) is 10.9. The molecule has 0 saturated carbocycles. The minimum atomic E-state index is -0.550. The first-order valence-electron chi connectivity index (χ1n) is 7.23. The molecule has 0 fully saturated rings. The molecule has 0 N–H and O–H groups in total. The Morgan fingerprint density at radius 2 is 1.88 bits per heavy atom. The van der Waals surface area contributed by atoms with Crippen molar-refractivity contribution in [3.05, 3.63) is 60.3 Å². The highest BCUT2D eigenvalue weighted by molar-refractivity contribution is 6.06. The van der Waals surface area contributed by atoms with Crippen molar-refractivity contribution in [2.24, 2.45) is 0 Å². The summed E-state index contributed by atoms with van der Waals surface area (Å²) in [5.41, 5.74) is 1.33. The highest BCUT2D eigenvalue weighted by atomic mass is 16.7. The van der Waals surface area contributed by atoms with E-state index in [1.54, 1.807) is 37.6 Å². The van der Waals surface area contributed by atoms with Crippen LogP contribution in [0.4, 0.5) is 0 Å². The Hall–Kier alpha value is -3.48. The largest absolute Gasteiger partial charge is 0.496 e. The van der Waals surface area contributed by atoms with Gasteiger partial charge in [-0.05, 0) is 39.7 Å². The minimum absolute atomic E-state index is 0.378. The van der Waals surface area contributed by atoms with E-state index in [-0.39, 0.29) is 0 Å². The van der Waals surface area contributed by atoms with Gasteiger partial charge in [-0.2, -0.15) is 0 Å². The number of ether oxygens (including phenoxy) is 1. The maximum absolute atomic E-state index is 12.6. The lowest BCUT2D eigenvalue weighted by atomic mass is 10.0. The first-order chi connectivity index (χ1) is 11.8. The predicted molar refractivity (Wildman–Crippen MR) is 86.7 cm³/mol. The minimum Gasteiger partial charge on any atom is -0.496 e. The summed E-state index contributed by atoms with van der Waals surface area (Å²) in [5.74, 6) is 0.140.